The van der Waals surface area contributed by atoms with Crippen molar-refractivity contribution < 1.29 is 23.4 Å². The molecule has 1 fully saturated rings. The first-order chi connectivity index (χ1) is 9.58. The highest BCUT2D eigenvalue weighted by molar-refractivity contribution is 5.40. The molecule has 1 aliphatic heterocycles. The molecule has 0 spiro atoms. The molecule has 0 aromatic heterocycles. The van der Waals surface area contributed by atoms with Crippen molar-refractivity contribution in [1.82, 2.24) is 4.90 Å². The van der Waals surface area contributed by atoms with Gasteiger partial charge in [0.05, 0.1) is 13.2 Å². The molecule has 112 valence electrons. The lowest BCUT2D eigenvalue weighted by molar-refractivity contribution is -0.0509. The van der Waals surface area contributed by atoms with Crippen LogP contribution in [0.2, 0.25) is 0 Å². The highest BCUT2D eigenvalue weighted by Gasteiger charge is 2.19. The number of hydrogen-bond acceptors (Lipinski definition) is 4. The summed E-state index contributed by atoms with van der Waals surface area (Å²) in [5.74, 6) is 0.783. The number of halogens is 2. The molecule has 1 saturated heterocycles. The van der Waals surface area contributed by atoms with Crippen molar-refractivity contribution in [2.45, 2.75) is 32.1 Å². The average Bonchev–Trinajstić information content (AvgIpc) is 2.42. The fourth-order valence-corrected chi connectivity index (χ4v) is 2.34. The van der Waals surface area contributed by atoms with Crippen molar-refractivity contribution in [1.29, 1.82) is 0 Å². The minimum atomic E-state index is -2.84. The highest BCUT2D eigenvalue weighted by Crippen LogP contribution is 2.27. The molecule has 0 amide bonds. The summed E-state index contributed by atoms with van der Waals surface area (Å²) in [7, 11) is 1.53. The number of aliphatic hydroxyl groups excluding tert-OH is 1. The summed E-state index contributed by atoms with van der Waals surface area (Å²) < 4.78 is 34.5. The van der Waals surface area contributed by atoms with E-state index in [1.165, 1.54) is 13.2 Å². The Labute approximate surface area is 116 Å². The molecule has 1 N–H and O–H groups in total. The van der Waals surface area contributed by atoms with Crippen molar-refractivity contribution in [2.24, 2.45) is 0 Å². The Kier molecular flexibility index (Phi) is 5.14. The summed E-state index contributed by atoms with van der Waals surface area (Å²) in [6.07, 6.45) is 1.15. The van der Waals surface area contributed by atoms with Crippen molar-refractivity contribution in [2.75, 3.05) is 20.2 Å². The fraction of sp³-hybridized carbons (Fsp3) is 0.571. The van der Waals surface area contributed by atoms with Gasteiger partial charge in [0.2, 0.25) is 0 Å². The Morgan fingerprint density at radius 2 is 2.05 bits per heavy atom. The number of nitrogens with zero attached hydrogens (tertiary/aromatic N) is 1. The predicted octanol–water partition coefficient (Wildman–Crippen LogP) is 2.25. The quantitative estimate of drug-likeness (QED) is 0.902. The van der Waals surface area contributed by atoms with Crippen molar-refractivity contribution >= 4 is 0 Å². The molecule has 0 bridgehead atoms. The van der Waals surface area contributed by atoms with E-state index in [0.29, 0.717) is 30.7 Å². The van der Waals surface area contributed by atoms with Crippen LogP contribution < -0.4 is 9.47 Å². The lowest BCUT2D eigenvalue weighted by atomic mass is 10.1. The number of aliphatic hydroxyl groups is 1. The summed E-state index contributed by atoms with van der Waals surface area (Å²) >= 11 is 0. The normalized spacial score (nSPS) is 17.4. The van der Waals surface area contributed by atoms with E-state index >= 15 is 0 Å². The number of likely N-dealkylation sites (tertiary alicyclic amines) is 1. The maximum absolute atomic E-state index is 12.4. The second-order valence-corrected chi connectivity index (χ2v) is 4.86. The van der Waals surface area contributed by atoms with Gasteiger partial charge in [0, 0.05) is 25.2 Å². The van der Waals surface area contributed by atoms with Gasteiger partial charge in [-0.3, -0.25) is 4.90 Å². The number of methoxy groups -OCH3 is 1. The highest BCUT2D eigenvalue weighted by atomic mass is 19.3. The molecule has 0 atom stereocenters. The number of benzene rings is 1. The maximum Gasteiger partial charge on any atom is 0.387 e. The zero-order valence-corrected chi connectivity index (χ0v) is 11.4. The monoisotopic (exact) mass is 287 g/mol. The van der Waals surface area contributed by atoms with E-state index in [-0.39, 0.29) is 11.9 Å². The lowest BCUT2D eigenvalue weighted by Gasteiger charge is -2.30. The van der Waals surface area contributed by atoms with Gasteiger partial charge >= 0.3 is 6.61 Å². The summed E-state index contributed by atoms with van der Waals surface area (Å²) in [5.41, 5.74) is 0.668. The molecule has 1 aromatic carbocycles. The van der Waals surface area contributed by atoms with Gasteiger partial charge in [-0.1, -0.05) is 0 Å². The van der Waals surface area contributed by atoms with Gasteiger partial charge < -0.3 is 14.6 Å². The van der Waals surface area contributed by atoms with E-state index in [2.05, 4.69) is 9.64 Å². The van der Waals surface area contributed by atoms with Gasteiger partial charge in [0.15, 0.2) is 0 Å². The Hall–Kier alpha value is -1.40. The van der Waals surface area contributed by atoms with Crippen LogP contribution in [0.4, 0.5) is 8.78 Å². The molecule has 1 heterocycles. The maximum atomic E-state index is 12.4. The summed E-state index contributed by atoms with van der Waals surface area (Å²) in [6.45, 7) is -0.851. The zero-order chi connectivity index (χ0) is 14.5. The van der Waals surface area contributed by atoms with Crippen LogP contribution in [0.5, 0.6) is 11.5 Å². The van der Waals surface area contributed by atoms with E-state index in [9.17, 15) is 13.9 Å². The largest absolute Gasteiger partial charge is 0.497 e. The van der Waals surface area contributed by atoms with Crippen molar-refractivity contribution in [3.05, 3.63) is 23.8 Å². The first-order valence-corrected chi connectivity index (χ1v) is 6.60. The summed E-state index contributed by atoms with van der Waals surface area (Å²) in [6, 6.07) is 4.81. The molecular weight excluding hydrogens is 268 g/mol. The Morgan fingerprint density at radius 1 is 1.35 bits per heavy atom. The molecule has 1 aliphatic rings. The Bertz CT molecular complexity index is 434. The third-order valence-corrected chi connectivity index (χ3v) is 3.43. The third-order valence-electron chi connectivity index (χ3n) is 3.43. The molecule has 0 aliphatic carbocycles. The molecule has 0 unspecified atom stereocenters. The van der Waals surface area contributed by atoms with Gasteiger partial charge in [-0.2, -0.15) is 8.78 Å². The van der Waals surface area contributed by atoms with E-state index in [0.717, 1.165) is 13.1 Å². The van der Waals surface area contributed by atoms with Gasteiger partial charge in [0.25, 0.3) is 0 Å². The topological polar surface area (TPSA) is 41.9 Å². The Balaban J connectivity index is 2.10. The van der Waals surface area contributed by atoms with Crippen LogP contribution in [0.3, 0.4) is 0 Å². The van der Waals surface area contributed by atoms with Gasteiger partial charge in [-0.05, 0) is 31.0 Å². The number of alkyl halides is 2. The van der Waals surface area contributed by atoms with Crippen molar-refractivity contribution in [3.63, 3.8) is 0 Å². The standard InChI is InChI=1S/C14H19F2NO3/c1-19-12-2-3-13(20-14(15)16)10(8-12)9-17-6-4-11(18)5-7-17/h2-3,8,11,14,18H,4-7,9H2,1H3. The lowest BCUT2D eigenvalue weighted by Crippen LogP contribution is -2.35. The molecule has 20 heavy (non-hydrogen) atoms. The minimum absolute atomic E-state index is 0.173. The van der Waals surface area contributed by atoms with E-state index in [4.69, 9.17) is 4.74 Å². The first kappa shape index (κ1) is 15.0. The van der Waals surface area contributed by atoms with Crippen LogP contribution in [-0.4, -0.2) is 42.9 Å². The minimum Gasteiger partial charge on any atom is -0.497 e. The van der Waals surface area contributed by atoms with E-state index in [1.807, 2.05) is 0 Å². The predicted molar refractivity (Wildman–Crippen MR) is 70.1 cm³/mol. The first-order valence-electron chi connectivity index (χ1n) is 6.60. The van der Waals surface area contributed by atoms with Gasteiger partial charge in [0.1, 0.15) is 11.5 Å². The Morgan fingerprint density at radius 3 is 2.65 bits per heavy atom. The van der Waals surface area contributed by atoms with Gasteiger partial charge in [-0.15, -0.1) is 0 Å². The smallest absolute Gasteiger partial charge is 0.387 e. The van der Waals surface area contributed by atoms with Crippen LogP contribution in [0, 0.1) is 0 Å². The molecule has 2 rings (SSSR count). The van der Waals surface area contributed by atoms with Crippen LogP contribution in [0.25, 0.3) is 0 Å². The molecule has 0 saturated carbocycles. The van der Waals surface area contributed by atoms with Crippen LogP contribution in [0.15, 0.2) is 18.2 Å². The zero-order valence-electron chi connectivity index (χ0n) is 11.4. The summed E-state index contributed by atoms with van der Waals surface area (Å²) in [5, 5.41) is 9.48. The fourth-order valence-electron chi connectivity index (χ4n) is 2.34. The van der Waals surface area contributed by atoms with Crippen LogP contribution >= 0.6 is 0 Å². The van der Waals surface area contributed by atoms with Crippen LogP contribution in [-0.2, 0) is 6.54 Å². The third kappa shape index (κ3) is 4.05. The number of ether oxygens (including phenoxy) is 2. The van der Waals surface area contributed by atoms with E-state index in [1.54, 1.807) is 12.1 Å². The molecule has 0 radical (unpaired) electrons. The number of hydrogen-bond donors (Lipinski definition) is 1. The molecule has 4 nitrogen and oxygen atoms in total. The second-order valence-electron chi connectivity index (χ2n) is 4.86. The van der Waals surface area contributed by atoms with Gasteiger partial charge in [-0.25, -0.2) is 0 Å². The molecule has 1 aromatic rings. The molecule has 6 heteroatoms. The number of piperidine rings is 1. The van der Waals surface area contributed by atoms with Crippen molar-refractivity contribution in [3.8, 4) is 11.5 Å². The molecular formula is C14H19F2NO3. The van der Waals surface area contributed by atoms with Crippen LogP contribution in [0.1, 0.15) is 18.4 Å². The number of rotatable bonds is 5. The van der Waals surface area contributed by atoms with E-state index < -0.39 is 6.61 Å². The second kappa shape index (κ2) is 6.85. The SMILES string of the molecule is COc1ccc(OC(F)F)c(CN2CCC(O)CC2)c1. The summed E-state index contributed by atoms with van der Waals surface area (Å²) in [4.78, 5) is 2.11. The average molecular weight is 287 g/mol.